The number of aryl methyl sites for hydroxylation is 1. The van der Waals surface area contributed by atoms with Gasteiger partial charge in [0, 0.05) is 22.3 Å². The highest BCUT2D eigenvalue weighted by Gasteiger charge is 2.06. The SMILES string of the molecule is Cc1cccc(NCc2cccc(Br)c2O)c1Br. The molecule has 0 aliphatic rings. The Hall–Kier alpha value is -1.00. The van der Waals surface area contributed by atoms with Crippen LogP contribution in [-0.2, 0) is 6.54 Å². The van der Waals surface area contributed by atoms with Crippen LogP contribution in [0.2, 0.25) is 0 Å². The number of aromatic hydroxyl groups is 1. The van der Waals surface area contributed by atoms with Crippen molar-refractivity contribution in [1.82, 2.24) is 0 Å². The van der Waals surface area contributed by atoms with Crippen molar-refractivity contribution in [2.75, 3.05) is 5.32 Å². The molecule has 0 unspecified atom stereocenters. The van der Waals surface area contributed by atoms with Gasteiger partial charge in [-0.15, -0.1) is 0 Å². The van der Waals surface area contributed by atoms with E-state index in [1.807, 2.05) is 43.3 Å². The number of para-hydroxylation sites is 1. The largest absolute Gasteiger partial charge is 0.506 e. The third kappa shape index (κ3) is 2.87. The first-order valence-electron chi connectivity index (χ1n) is 5.55. The first-order chi connectivity index (χ1) is 8.59. The Labute approximate surface area is 123 Å². The van der Waals surface area contributed by atoms with Gasteiger partial charge in [-0.3, -0.25) is 0 Å². The number of benzene rings is 2. The van der Waals surface area contributed by atoms with Crippen molar-refractivity contribution in [3.8, 4) is 5.75 Å². The molecule has 94 valence electrons. The van der Waals surface area contributed by atoms with Gasteiger partial charge < -0.3 is 10.4 Å². The molecule has 2 N–H and O–H groups in total. The molecule has 2 aromatic rings. The summed E-state index contributed by atoms with van der Waals surface area (Å²) in [5.74, 6) is 0.286. The van der Waals surface area contributed by atoms with Crippen LogP contribution in [0.3, 0.4) is 0 Å². The molecule has 0 aromatic heterocycles. The molecule has 2 nitrogen and oxygen atoms in total. The van der Waals surface area contributed by atoms with E-state index in [-0.39, 0.29) is 5.75 Å². The van der Waals surface area contributed by atoms with Gasteiger partial charge in [0.2, 0.25) is 0 Å². The standard InChI is InChI=1S/C14H13Br2NO/c1-9-4-2-7-12(13(9)16)17-8-10-5-3-6-11(15)14(10)18/h2-7,17-18H,8H2,1H3. The molecule has 4 heteroatoms. The van der Waals surface area contributed by atoms with Gasteiger partial charge in [0.15, 0.2) is 0 Å². The van der Waals surface area contributed by atoms with Crippen LogP contribution in [0.25, 0.3) is 0 Å². The maximum atomic E-state index is 9.90. The highest BCUT2D eigenvalue weighted by molar-refractivity contribution is 9.11. The molecule has 0 saturated carbocycles. The van der Waals surface area contributed by atoms with Crippen molar-refractivity contribution < 1.29 is 5.11 Å². The van der Waals surface area contributed by atoms with E-state index in [0.29, 0.717) is 11.0 Å². The maximum Gasteiger partial charge on any atom is 0.134 e. The molecule has 0 spiro atoms. The summed E-state index contributed by atoms with van der Waals surface area (Å²) in [4.78, 5) is 0. The number of phenolic OH excluding ortho intramolecular Hbond substituents is 1. The van der Waals surface area contributed by atoms with Crippen molar-refractivity contribution in [2.24, 2.45) is 0 Å². The van der Waals surface area contributed by atoms with Crippen LogP contribution in [-0.4, -0.2) is 5.11 Å². The number of hydrogen-bond donors (Lipinski definition) is 2. The fourth-order valence-corrected chi connectivity index (χ4v) is 2.49. The summed E-state index contributed by atoms with van der Waals surface area (Å²) in [5.41, 5.74) is 3.06. The number of phenols is 1. The smallest absolute Gasteiger partial charge is 0.134 e. The van der Waals surface area contributed by atoms with Gasteiger partial charge in [0.05, 0.1) is 4.47 Å². The molecule has 0 fully saturated rings. The summed E-state index contributed by atoms with van der Waals surface area (Å²) in [6.45, 7) is 2.62. The van der Waals surface area contributed by atoms with Crippen molar-refractivity contribution in [1.29, 1.82) is 0 Å². The second kappa shape index (κ2) is 5.76. The molecule has 0 aliphatic heterocycles. The van der Waals surface area contributed by atoms with Crippen LogP contribution in [0.5, 0.6) is 5.75 Å². The van der Waals surface area contributed by atoms with E-state index >= 15 is 0 Å². The third-order valence-corrected chi connectivity index (χ3v) is 4.42. The predicted molar refractivity (Wildman–Crippen MR) is 82.0 cm³/mol. The van der Waals surface area contributed by atoms with E-state index < -0.39 is 0 Å². The minimum Gasteiger partial charge on any atom is -0.506 e. The third-order valence-electron chi connectivity index (χ3n) is 2.73. The first kappa shape index (κ1) is 13.4. The lowest BCUT2D eigenvalue weighted by Crippen LogP contribution is -2.01. The number of hydrogen-bond acceptors (Lipinski definition) is 2. The molecule has 2 rings (SSSR count). The zero-order valence-electron chi connectivity index (χ0n) is 9.87. The van der Waals surface area contributed by atoms with E-state index in [9.17, 15) is 5.11 Å². The Kier molecular flexibility index (Phi) is 4.30. The molecule has 0 amide bonds. The monoisotopic (exact) mass is 369 g/mol. The van der Waals surface area contributed by atoms with Crippen LogP contribution >= 0.6 is 31.9 Å². The average molecular weight is 371 g/mol. The van der Waals surface area contributed by atoms with Gasteiger partial charge in [0.25, 0.3) is 0 Å². The van der Waals surface area contributed by atoms with Crippen LogP contribution in [0.4, 0.5) is 5.69 Å². The molecule has 0 saturated heterocycles. The maximum absolute atomic E-state index is 9.90. The van der Waals surface area contributed by atoms with Crippen LogP contribution < -0.4 is 5.32 Å². The van der Waals surface area contributed by atoms with Crippen molar-refractivity contribution in [2.45, 2.75) is 13.5 Å². The quantitative estimate of drug-likeness (QED) is 0.810. The fourth-order valence-electron chi connectivity index (χ4n) is 1.68. The van der Waals surface area contributed by atoms with Gasteiger partial charge >= 0.3 is 0 Å². The lowest BCUT2D eigenvalue weighted by Gasteiger charge is -2.11. The number of anilines is 1. The highest BCUT2D eigenvalue weighted by atomic mass is 79.9. The molecule has 0 heterocycles. The van der Waals surface area contributed by atoms with Gasteiger partial charge in [0.1, 0.15) is 5.75 Å². The lowest BCUT2D eigenvalue weighted by molar-refractivity contribution is 0.465. The van der Waals surface area contributed by atoms with E-state index in [4.69, 9.17) is 0 Å². The summed E-state index contributed by atoms with van der Waals surface area (Å²) >= 11 is 6.86. The highest BCUT2D eigenvalue weighted by Crippen LogP contribution is 2.30. The predicted octanol–water partition coefficient (Wildman–Crippen LogP) is 4.84. The van der Waals surface area contributed by atoms with Gasteiger partial charge in [-0.05, 0) is 56.5 Å². The Morgan fingerprint density at radius 1 is 1.11 bits per heavy atom. The molecule has 18 heavy (non-hydrogen) atoms. The molecular weight excluding hydrogens is 358 g/mol. The minimum atomic E-state index is 0.286. The molecular formula is C14H13Br2NO. The van der Waals surface area contributed by atoms with Gasteiger partial charge in [-0.2, -0.15) is 0 Å². The van der Waals surface area contributed by atoms with E-state index in [0.717, 1.165) is 15.7 Å². The molecule has 0 radical (unpaired) electrons. The summed E-state index contributed by atoms with van der Waals surface area (Å²) in [5, 5.41) is 13.2. The Morgan fingerprint density at radius 2 is 1.83 bits per heavy atom. The Balaban J connectivity index is 2.17. The van der Waals surface area contributed by atoms with Crippen LogP contribution in [0.1, 0.15) is 11.1 Å². The van der Waals surface area contributed by atoms with Crippen LogP contribution in [0.15, 0.2) is 45.3 Å². The number of rotatable bonds is 3. The van der Waals surface area contributed by atoms with E-state index in [2.05, 4.69) is 37.2 Å². The fraction of sp³-hybridized carbons (Fsp3) is 0.143. The Bertz CT molecular complexity index is 518. The van der Waals surface area contributed by atoms with E-state index in [1.165, 1.54) is 5.56 Å². The van der Waals surface area contributed by atoms with Crippen molar-refractivity contribution in [3.63, 3.8) is 0 Å². The van der Waals surface area contributed by atoms with Gasteiger partial charge in [-0.1, -0.05) is 24.3 Å². The van der Waals surface area contributed by atoms with E-state index in [1.54, 1.807) is 0 Å². The first-order valence-corrected chi connectivity index (χ1v) is 7.13. The van der Waals surface area contributed by atoms with Gasteiger partial charge in [-0.25, -0.2) is 0 Å². The average Bonchev–Trinajstić information content (AvgIpc) is 2.36. The molecule has 0 bridgehead atoms. The summed E-state index contributed by atoms with van der Waals surface area (Å²) < 4.78 is 1.77. The number of nitrogens with one attached hydrogen (secondary N) is 1. The van der Waals surface area contributed by atoms with Crippen LogP contribution in [0, 0.1) is 6.92 Å². The lowest BCUT2D eigenvalue weighted by atomic mass is 10.2. The summed E-state index contributed by atoms with van der Waals surface area (Å²) in [7, 11) is 0. The zero-order chi connectivity index (χ0) is 13.1. The summed E-state index contributed by atoms with van der Waals surface area (Å²) in [6, 6.07) is 11.7. The molecule has 0 atom stereocenters. The topological polar surface area (TPSA) is 32.3 Å². The molecule has 0 aliphatic carbocycles. The Morgan fingerprint density at radius 3 is 2.61 bits per heavy atom. The normalized spacial score (nSPS) is 10.4. The van der Waals surface area contributed by atoms with Crippen molar-refractivity contribution >= 4 is 37.5 Å². The summed E-state index contributed by atoms with van der Waals surface area (Å²) in [6.07, 6.45) is 0. The van der Waals surface area contributed by atoms with Crippen molar-refractivity contribution in [3.05, 3.63) is 56.5 Å². The second-order valence-corrected chi connectivity index (χ2v) is 5.68. The zero-order valence-corrected chi connectivity index (χ0v) is 13.0. The second-order valence-electron chi connectivity index (χ2n) is 4.04. The number of halogens is 2. The minimum absolute atomic E-state index is 0.286. The molecule has 2 aromatic carbocycles.